The summed E-state index contributed by atoms with van der Waals surface area (Å²) < 4.78 is 11.2. The van der Waals surface area contributed by atoms with Gasteiger partial charge in [-0.05, 0) is 55.5 Å². The number of H-pyrrole nitrogens is 1. The van der Waals surface area contributed by atoms with Crippen LogP contribution in [-0.2, 0) is 28.9 Å². The number of benzene rings is 2. The van der Waals surface area contributed by atoms with Gasteiger partial charge in [0.15, 0.2) is 6.61 Å². The van der Waals surface area contributed by atoms with Crippen LogP contribution in [0.1, 0.15) is 28.7 Å². The molecule has 5 rings (SSSR count). The van der Waals surface area contributed by atoms with Gasteiger partial charge in [0, 0.05) is 40.0 Å². The van der Waals surface area contributed by atoms with Gasteiger partial charge in [0.1, 0.15) is 11.3 Å². The van der Waals surface area contributed by atoms with Gasteiger partial charge in [-0.25, -0.2) is 4.79 Å². The molecule has 0 fully saturated rings. The van der Waals surface area contributed by atoms with E-state index in [2.05, 4.69) is 10.3 Å². The molecule has 1 amide bonds. The molecule has 4 aromatic rings. The molecule has 2 N–H and O–H groups in total. The first-order valence-electron chi connectivity index (χ1n) is 11.2. The first kappa shape index (κ1) is 21.8. The Morgan fingerprint density at radius 1 is 1.15 bits per heavy atom. The van der Waals surface area contributed by atoms with E-state index in [0.717, 1.165) is 52.2 Å². The van der Waals surface area contributed by atoms with Crippen molar-refractivity contribution in [2.75, 3.05) is 6.61 Å². The number of carbonyl (C=O) groups is 2. The largest absolute Gasteiger partial charge is 0.548 e. The fourth-order valence-electron chi connectivity index (χ4n) is 4.71. The van der Waals surface area contributed by atoms with Gasteiger partial charge >= 0.3 is 5.63 Å². The third-order valence-corrected chi connectivity index (χ3v) is 6.42. The molecular formula is C26H23N2O6-. The van der Waals surface area contributed by atoms with E-state index >= 15 is 0 Å². The number of aliphatic carboxylic acids is 1. The number of para-hydroxylation sites is 1. The number of carbonyl (C=O) groups excluding carboxylic acids is 2. The number of ether oxygens (including phenoxy) is 1. The Bertz CT molecular complexity index is 1480. The molecule has 34 heavy (non-hydrogen) atoms. The zero-order valence-electron chi connectivity index (χ0n) is 18.6. The van der Waals surface area contributed by atoms with Gasteiger partial charge in [-0.3, -0.25) is 4.79 Å². The Hall–Kier alpha value is -4.07. The van der Waals surface area contributed by atoms with E-state index in [0.29, 0.717) is 16.9 Å². The highest BCUT2D eigenvalue weighted by Crippen LogP contribution is 2.33. The summed E-state index contributed by atoms with van der Waals surface area (Å²) in [4.78, 5) is 39.6. The Morgan fingerprint density at radius 2 is 1.94 bits per heavy atom. The molecule has 8 nitrogen and oxygen atoms in total. The van der Waals surface area contributed by atoms with Gasteiger partial charge in [-0.1, -0.05) is 18.2 Å². The number of hydrogen-bond donors (Lipinski definition) is 2. The van der Waals surface area contributed by atoms with Crippen LogP contribution in [0.4, 0.5) is 0 Å². The van der Waals surface area contributed by atoms with Crippen LogP contribution in [0, 0.1) is 6.92 Å². The highest BCUT2D eigenvalue weighted by Gasteiger charge is 2.22. The lowest BCUT2D eigenvalue weighted by Crippen LogP contribution is -2.50. The quantitative estimate of drug-likeness (QED) is 0.407. The monoisotopic (exact) mass is 459 g/mol. The molecule has 0 saturated carbocycles. The van der Waals surface area contributed by atoms with Crippen LogP contribution in [-0.4, -0.2) is 29.5 Å². The zero-order chi connectivity index (χ0) is 23.8. The van der Waals surface area contributed by atoms with Crippen molar-refractivity contribution in [1.29, 1.82) is 0 Å². The van der Waals surface area contributed by atoms with Crippen molar-refractivity contribution in [1.82, 2.24) is 10.3 Å². The Morgan fingerprint density at radius 3 is 2.76 bits per heavy atom. The smallest absolute Gasteiger partial charge is 0.339 e. The predicted octanol–water partition coefficient (Wildman–Crippen LogP) is 1.93. The van der Waals surface area contributed by atoms with Crippen LogP contribution < -0.4 is 20.8 Å². The number of aromatic amines is 1. The van der Waals surface area contributed by atoms with Crippen molar-refractivity contribution < 1.29 is 23.8 Å². The SMILES string of the molecule is Cc1c(OCC(=O)N[C@@H](Cc2c[nH]c3ccccc23)C(=O)[O-])ccc2c3c(c(=O)oc12)CCC3. The third kappa shape index (κ3) is 3.91. The molecule has 1 aliphatic rings. The van der Waals surface area contributed by atoms with Crippen LogP contribution in [0.2, 0.25) is 0 Å². The van der Waals surface area contributed by atoms with Gasteiger partial charge in [-0.2, -0.15) is 0 Å². The fraction of sp³-hybridized carbons (Fsp3) is 0.269. The normalized spacial score (nSPS) is 13.7. The van der Waals surface area contributed by atoms with E-state index < -0.39 is 17.9 Å². The maximum Gasteiger partial charge on any atom is 0.339 e. The molecule has 2 aromatic carbocycles. The highest BCUT2D eigenvalue weighted by atomic mass is 16.5. The van der Waals surface area contributed by atoms with Crippen LogP contribution >= 0.6 is 0 Å². The van der Waals surface area contributed by atoms with Crippen molar-refractivity contribution in [3.8, 4) is 5.75 Å². The topological polar surface area (TPSA) is 124 Å². The molecular weight excluding hydrogens is 436 g/mol. The van der Waals surface area contributed by atoms with Crippen LogP contribution in [0.25, 0.3) is 21.9 Å². The number of rotatable bonds is 7. The van der Waals surface area contributed by atoms with E-state index in [1.165, 1.54) is 0 Å². The molecule has 0 spiro atoms. The van der Waals surface area contributed by atoms with Gasteiger partial charge in [-0.15, -0.1) is 0 Å². The van der Waals surface area contributed by atoms with Gasteiger partial charge in [0.05, 0.1) is 12.0 Å². The summed E-state index contributed by atoms with van der Waals surface area (Å²) >= 11 is 0. The summed E-state index contributed by atoms with van der Waals surface area (Å²) in [6, 6.07) is 9.88. The van der Waals surface area contributed by atoms with Crippen molar-refractivity contribution in [3.05, 3.63) is 75.3 Å². The average molecular weight is 459 g/mol. The molecule has 0 aliphatic heterocycles. The molecule has 0 unspecified atom stereocenters. The number of amides is 1. The van der Waals surface area contributed by atoms with E-state index in [9.17, 15) is 19.5 Å². The molecule has 0 radical (unpaired) electrons. The van der Waals surface area contributed by atoms with E-state index in [-0.39, 0.29) is 18.7 Å². The lowest BCUT2D eigenvalue weighted by molar-refractivity contribution is -0.308. The van der Waals surface area contributed by atoms with Crippen molar-refractivity contribution in [3.63, 3.8) is 0 Å². The number of aromatic nitrogens is 1. The summed E-state index contributed by atoms with van der Waals surface area (Å²) in [5.74, 6) is -1.58. The Balaban J connectivity index is 1.29. The number of nitrogens with one attached hydrogen (secondary N) is 2. The number of aryl methyl sites for hydroxylation is 2. The van der Waals surface area contributed by atoms with Crippen LogP contribution in [0.3, 0.4) is 0 Å². The van der Waals surface area contributed by atoms with Gasteiger partial charge in [0.25, 0.3) is 5.91 Å². The minimum atomic E-state index is -1.38. The lowest BCUT2D eigenvalue weighted by atomic mass is 10.0. The second-order valence-electron chi connectivity index (χ2n) is 8.56. The summed E-state index contributed by atoms with van der Waals surface area (Å²) in [6.07, 6.45) is 4.29. The third-order valence-electron chi connectivity index (χ3n) is 6.42. The predicted molar refractivity (Wildman–Crippen MR) is 124 cm³/mol. The first-order valence-corrected chi connectivity index (χ1v) is 11.2. The standard InChI is InChI=1S/C26H24N2O6/c1-14-22(10-9-18-17-6-4-7-19(17)26(32)34-24(14)18)33-13-23(29)28-21(25(30)31)11-15-12-27-20-8-3-2-5-16(15)20/h2-3,5,8-10,12,21,27H,4,6-7,11,13H2,1H3,(H,28,29)(H,30,31)/p-1/t21-/m0/s1. The number of hydrogen-bond acceptors (Lipinski definition) is 6. The molecule has 2 heterocycles. The number of carboxylic acid groups (broad SMARTS) is 1. The zero-order valence-corrected chi connectivity index (χ0v) is 18.6. The molecule has 2 aromatic heterocycles. The molecule has 0 bridgehead atoms. The number of carboxylic acids is 1. The summed E-state index contributed by atoms with van der Waals surface area (Å²) in [6.45, 7) is 1.38. The summed E-state index contributed by atoms with van der Waals surface area (Å²) in [5, 5.41) is 15.9. The Kier molecular flexibility index (Phi) is 5.57. The lowest BCUT2D eigenvalue weighted by Gasteiger charge is -2.20. The van der Waals surface area contributed by atoms with E-state index in [4.69, 9.17) is 9.15 Å². The second-order valence-corrected chi connectivity index (χ2v) is 8.56. The molecule has 1 aliphatic carbocycles. The highest BCUT2D eigenvalue weighted by molar-refractivity contribution is 5.88. The maximum atomic E-state index is 12.5. The molecule has 8 heteroatoms. The first-order chi connectivity index (χ1) is 16.4. The van der Waals surface area contributed by atoms with Gasteiger partial charge < -0.3 is 29.4 Å². The van der Waals surface area contributed by atoms with E-state index in [1.54, 1.807) is 19.2 Å². The van der Waals surface area contributed by atoms with Crippen molar-refractivity contribution in [2.45, 2.75) is 38.6 Å². The summed E-state index contributed by atoms with van der Waals surface area (Å²) in [5.41, 5.74) is 4.15. The Labute approximate surface area is 194 Å². The van der Waals surface area contributed by atoms with Crippen LogP contribution in [0.5, 0.6) is 5.75 Å². The minimum absolute atomic E-state index is 0.0728. The fourth-order valence-corrected chi connectivity index (χ4v) is 4.71. The second kappa shape index (κ2) is 8.70. The number of fused-ring (bicyclic) bond motifs is 4. The van der Waals surface area contributed by atoms with Gasteiger partial charge in [0.2, 0.25) is 0 Å². The van der Waals surface area contributed by atoms with Crippen molar-refractivity contribution >= 4 is 33.7 Å². The van der Waals surface area contributed by atoms with Crippen LogP contribution in [0.15, 0.2) is 51.8 Å². The maximum absolute atomic E-state index is 12.5. The summed E-state index contributed by atoms with van der Waals surface area (Å²) in [7, 11) is 0. The molecule has 1 atom stereocenters. The molecule has 174 valence electrons. The minimum Gasteiger partial charge on any atom is -0.548 e. The average Bonchev–Trinajstić information content (AvgIpc) is 3.47. The molecule has 0 saturated heterocycles. The van der Waals surface area contributed by atoms with Crippen molar-refractivity contribution in [2.24, 2.45) is 0 Å². The van der Waals surface area contributed by atoms with E-state index in [1.807, 2.05) is 30.3 Å².